The van der Waals surface area contributed by atoms with Crippen molar-refractivity contribution in [2.75, 3.05) is 0 Å². The minimum Gasteiger partial charge on any atom is -0.462 e. The summed E-state index contributed by atoms with van der Waals surface area (Å²) >= 11 is 0. The number of allylic oxidation sites excluding steroid dienone is 5. The van der Waals surface area contributed by atoms with Gasteiger partial charge in [0.25, 0.3) is 5.91 Å². The highest BCUT2D eigenvalue weighted by Gasteiger charge is 2.33. The molecule has 4 nitrogen and oxygen atoms in total. The molecule has 2 rings (SSSR count). The van der Waals surface area contributed by atoms with Crippen molar-refractivity contribution >= 4 is 5.91 Å². The van der Waals surface area contributed by atoms with E-state index < -0.39 is 5.60 Å². The fraction of sp³-hybridized carbons (Fsp3) is 0.308. The van der Waals surface area contributed by atoms with E-state index in [1.165, 1.54) is 5.56 Å². The Morgan fingerprint density at radius 3 is 2.50 bits per heavy atom. The van der Waals surface area contributed by atoms with E-state index in [0.717, 1.165) is 12.0 Å². The first-order chi connectivity index (χ1) is 14.4. The van der Waals surface area contributed by atoms with Crippen molar-refractivity contribution in [2.24, 2.45) is 0 Å². The van der Waals surface area contributed by atoms with Crippen LogP contribution in [0.4, 0.5) is 0 Å². The lowest BCUT2D eigenvalue weighted by Gasteiger charge is -2.30. The van der Waals surface area contributed by atoms with E-state index >= 15 is 0 Å². The second kappa shape index (κ2) is 11.1. The first-order valence-corrected chi connectivity index (χ1v) is 10.3. The minimum absolute atomic E-state index is 0.100. The van der Waals surface area contributed by atoms with Gasteiger partial charge in [0, 0.05) is 24.2 Å². The summed E-state index contributed by atoms with van der Waals surface area (Å²) < 4.78 is 5.85. The van der Waals surface area contributed by atoms with Gasteiger partial charge in [-0.2, -0.15) is 0 Å². The fourth-order valence-corrected chi connectivity index (χ4v) is 3.29. The topological polar surface area (TPSA) is 51.2 Å². The lowest BCUT2D eigenvalue weighted by Crippen LogP contribution is -2.50. The second-order valence-corrected chi connectivity index (χ2v) is 7.74. The summed E-state index contributed by atoms with van der Waals surface area (Å²) in [7, 11) is 0. The minimum atomic E-state index is -1.05. The van der Waals surface area contributed by atoms with Crippen molar-refractivity contribution < 1.29 is 9.53 Å². The maximum Gasteiger partial charge on any atom is 0.263 e. The molecular formula is C26H32N2O2. The molecule has 0 fully saturated rings. The molecule has 0 saturated carbocycles. The Morgan fingerprint density at radius 1 is 1.20 bits per heavy atom. The number of nitrogens with one attached hydrogen (secondary N) is 1. The molecule has 0 bridgehead atoms. The largest absolute Gasteiger partial charge is 0.462 e. The standard InChI is InChI=1S/C26H32N2O2/c1-6-13-21(14-7-2)19-23(22-15-9-8-10-16-22)20(3)28-25(29)26(4,5)30-24-17-11-12-18-27-24/h6-18,20,23H,1,19H2,2-5H3,(H,28,29)/b14-7-,21-13+. The first-order valence-electron chi connectivity index (χ1n) is 10.3. The molecule has 0 spiro atoms. The van der Waals surface area contributed by atoms with Crippen molar-refractivity contribution in [2.45, 2.75) is 51.7 Å². The second-order valence-electron chi connectivity index (χ2n) is 7.74. The van der Waals surface area contributed by atoms with Crippen LogP contribution in [0.2, 0.25) is 0 Å². The van der Waals surface area contributed by atoms with Gasteiger partial charge >= 0.3 is 0 Å². The van der Waals surface area contributed by atoms with E-state index in [1.807, 2.05) is 56.3 Å². The molecule has 1 N–H and O–H groups in total. The molecule has 30 heavy (non-hydrogen) atoms. The van der Waals surface area contributed by atoms with Gasteiger partial charge in [-0.1, -0.05) is 67.3 Å². The first kappa shape index (κ1) is 23.1. The molecule has 1 aromatic heterocycles. The summed E-state index contributed by atoms with van der Waals surface area (Å²) in [5.41, 5.74) is 1.28. The number of benzene rings is 1. The molecule has 0 saturated heterocycles. The quantitative estimate of drug-likeness (QED) is 0.524. The summed E-state index contributed by atoms with van der Waals surface area (Å²) in [6.45, 7) is 11.4. The number of ether oxygens (including phenoxy) is 1. The molecular weight excluding hydrogens is 372 g/mol. The zero-order chi connectivity index (χ0) is 22.0. The number of nitrogens with zero attached hydrogens (tertiary/aromatic N) is 1. The van der Waals surface area contributed by atoms with Gasteiger partial charge in [-0.3, -0.25) is 4.79 Å². The van der Waals surface area contributed by atoms with Crippen LogP contribution in [0.5, 0.6) is 5.88 Å². The SMILES string of the molecule is C=C/C=C(\C=C/C)CC(c1ccccc1)C(C)NC(=O)C(C)(C)Oc1ccccn1. The van der Waals surface area contributed by atoms with Crippen LogP contribution in [0, 0.1) is 0 Å². The van der Waals surface area contributed by atoms with Gasteiger partial charge in [0.15, 0.2) is 5.60 Å². The van der Waals surface area contributed by atoms with Crippen LogP contribution in [0.1, 0.15) is 45.6 Å². The molecule has 0 aliphatic rings. The Labute approximate surface area is 180 Å². The third-order valence-corrected chi connectivity index (χ3v) is 4.90. The summed E-state index contributed by atoms with van der Waals surface area (Å²) in [5, 5.41) is 3.16. The van der Waals surface area contributed by atoms with Crippen LogP contribution in [0.15, 0.2) is 91.2 Å². The Balaban J connectivity index is 2.20. The van der Waals surface area contributed by atoms with Gasteiger partial charge in [0.2, 0.25) is 5.88 Å². The average Bonchev–Trinajstić information content (AvgIpc) is 2.73. The predicted octanol–water partition coefficient (Wildman–Crippen LogP) is 5.61. The normalized spacial score (nSPS) is 14.2. The maximum absolute atomic E-state index is 13.0. The van der Waals surface area contributed by atoms with Crippen LogP contribution in [-0.2, 0) is 4.79 Å². The van der Waals surface area contributed by atoms with E-state index in [4.69, 9.17) is 4.74 Å². The highest BCUT2D eigenvalue weighted by atomic mass is 16.5. The van der Waals surface area contributed by atoms with Crippen molar-refractivity contribution in [1.29, 1.82) is 0 Å². The van der Waals surface area contributed by atoms with Crippen LogP contribution >= 0.6 is 0 Å². The van der Waals surface area contributed by atoms with E-state index in [9.17, 15) is 4.79 Å². The summed E-state index contributed by atoms with van der Waals surface area (Å²) in [4.78, 5) is 17.2. The summed E-state index contributed by atoms with van der Waals surface area (Å²) in [5.74, 6) is 0.347. The van der Waals surface area contributed by atoms with Gasteiger partial charge in [-0.05, 0) is 51.3 Å². The van der Waals surface area contributed by atoms with Crippen LogP contribution in [0.3, 0.4) is 0 Å². The van der Waals surface area contributed by atoms with E-state index in [1.54, 1.807) is 32.2 Å². The lowest BCUT2D eigenvalue weighted by molar-refractivity contribution is -0.135. The van der Waals surface area contributed by atoms with Gasteiger partial charge in [-0.15, -0.1) is 0 Å². The molecule has 2 unspecified atom stereocenters. The van der Waals surface area contributed by atoms with E-state index in [-0.39, 0.29) is 17.9 Å². The Hall–Kier alpha value is -3.14. The molecule has 0 radical (unpaired) electrons. The molecule has 2 aromatic rings. The number of amides is 1. The summed E-state index contributed by atoms with van der Waals surface area (Å²) in [6, 6.07) is 15.5. The molecule has 0 aliphatic carbocycles. The Morgan fingerprint density at radius 2 is 1.90 bits per heavy atom. The highest BCUT2D eigenvalue weighted by Crippen LogP contribution is 2.28. The monoisotopic (exact) mass is 404 g/mol. The number of carbonyl (C=O) groups excluding carboxylic acids is 1. The maximum atomic E-state index is 13.0. The van der Waals surface area contributed by atoms with Crippen molar-refractivity contribution in [3.05, 3.63) is 96.7 Å². The van der Waals surface area contributed by atoms with Crippen LogP contribution in [-0.4, -0.2) is 22.5 Å². The summed E-state index contributed by atoms with van der Waals surface area (Å²) in [6.07, 6.45) is 10.3. The smallest absolute Gasteiger partial charge is 0.263 e. The van der Waals surface area contributed by atoms with Gasteiger partial charge in [0.1, 0.15) is 0 Å². The molecule has 4 heteroatoms. The highest BCUT2D eigenvalue weighted by molar-refractivity contribution is 5.85. The molecule has 1 amide bonds. The number of aromatic nitrogens is 1. The average molecular weight is 405 g/mol. The van der Waals surface area contributed by atoms with Gasteiger partial charge in [-0.25, -0.2) is 4.98 Å². The predicted molar refractivity (Wildman–Crippen MR) is 123 cm³/mol. The molecule has 2 atom stereocenters. The number of carbonyl (C=O) groups is 1. The lowest BCUT2D eigenvalue weighted by atomic mass is 9.85. The van der Waals surface area contributed by atoms with E-state index in [0.29, 0.717) is 5.88 Å². The molecule has 1 aromatic carbocycles. The number of hydrogen-bond acceptors (Lipinski definition) is 3. The number of rotatable bonds is 10. The molecule has 1 heterocycles. The van der Waals surface area contributed by atoms with Crippen LogP contribution < -0.4 is 10.1 Å². The zero-order valence-corrected chi connectivity index (χ0v) is 18.3. The number of pyridine rings is 1. The Kier molecular flexibility index (Phi) is 8.60. The van der Waals surface area contributed by atoms with Gasteiger partial charge in [0.05, 0.1) is 0 Å². The van der Waals surface area contributed by atoms with E-state index in [2.05, 4.69) is 35.1 Å². The third kappa shape index (κ3) is 6.73. The van der Waals surface area contributed by atoms with Crippen molar-refractivity contribution in [3.63, 3.8) is 0 Å². The fourth-order valence-electron chi connectivity index (χ4n) is 3.29. The zero-order valence-electron chi connectivity index (χ0n) is 18.3. The van der Waals surface area contributed by atoms with Crippen molar-refractivity contribution in [1.82, 2.24) is 10.3 Å². The number of hydrogen-bond donors (Lipinski definition) is 1. The van der Waals surface area contributed by atoms with Crippen LogP contribution in [0.25, 0.3) is 0 Å². The molecule has 158 valence electrons. The molecule has 0 aliphatic heterocycles. The van der Waals surface area contributed by atoms with Crippen molar-refractivity contribution in [3.8, 4) is 5.88 Å². The third-order valence-electron chi connectivity index (χ3n) is 4.90. The Bertz CT molecular complexity index is 870. The van der Waals surface area contributed by atoms with Gasteiger partial charge < -0.3 is 10.1 Å².